The molecule has 180 valence electrons. The minimum Gasteiger partial charge on any atom is -0.480 e. The van der Waals surface area contributed by atoms with Crippen molar-refractivity contribution < 1.29 is 28.6 Å². The minimum atomic E-state index is -1.29. The first-order valence-corrected chi connectivity index (χ1v) is 11.2. The van der Waals surface area contributed by atoms with Crippen molar-refractivity contribution in [3.05, 3.63) is 107 Å². The molecule has 2 amide bonds. The van der Waals surface area contributed by atoms with E-state index >= 15 is 0 Å². The van der Waals surface area contributed by atoms with Crippen LogP contribution in [0, 0.1) is 5.82 Å². The van der Waals surface area contributed by atoms with Crippen molar-refractivity contribution in [3.63, 3.8) is 0 Å². The van der Waals surface area contributed by atoms with E-state index < -0.39 is 35.9 Å². The number of hydrogen-bond donors (Lipinski definition) is 2. The number of carboxylic acids is 1. The van der Waals surface area contributed by atoms with Crippen LogP contribution in [0.1, 0.15) is 22.3 Å². The second kappa shape index (κ2) is 10.8. The van der Waals surface area contributed by atoms with Crippen molar-refractivity contribution in [2.45, 2.75) is 38.1 Å². The quantitative estimate of drug-likeness (QED) is 0.542. The highest BCUT2D eigenvalue weighted by molar-refractivity contribution is 5.90. The summed E-state index contributed by atoms with van der Waals surface area (Å²) in [5.74, 6) is -2.36. The van der Waals surface area contributed by atoms with E-state index in [4.69, 9.17) is 4.74 Å². The maximum atomic E-state index is 13.6. The van der Waals surface area contributed by atoms with Gasteiger partial charge in [0.1, 0.15) is 24.5 Å². The van der Waals surface area contributed by atoms with Gasteiger partial charge in [0.25, 0.3) is 0 Å². The Balaban J connectivity index is 1.52. The Kier molecular flexibility index (Phi) is 7.40. The lowest BCUT2D eigenvalue weighted by Gasteiger charge is -2.35. The Morgan fingerprint density at radius 1 is 0.971 bits per heavy atom. The molecule has 0 unspecified atom stereocenters. The molecule has 0 saturated carbocycles. The fraction of sp³-hybridized carbons (Fsp3) is 0.222. The lowest BCUT2D eigenvalue weighted by molar-refractivity contribution is -0.142. The molecule has 1 aliphatic rings. The molecule has 0 radical (unpaired) electrons. The zero-order valence-electron chi connectivity index (χ0n) is 18.9. The molecule has 2 N–H and O–H groups in total. The smallest absolute Gasteiger partial charge is 0.411 e. The van der Waals surface area contributed by atoms with E-state index in [1.165, 1.54) is 23.1 Å². The van der Waals surface area contributed by atoms with Gasteiger partial charge in [-0.3, -0.25) is 9.69 Å². The normalized spacial score (nSPS) is 15.6. The van der Waals surface area contributed by atoms with E-state index in [0.29, 0.717) is 5.56 Å². The molecule has 0 fully saturated rings. The summed E-state index contributed by atoms with van der Waals surface area (Å²) in [6, 6.07) is 20.0. The van der Waals surface area contributed by atoms with Gasteiger partial charge in [-0.2, -0.15) is 0 Å². The number of ether oxygens (including phenoxy) is 1. The number of amides is 2. The average Bonchev–Trinajstić information content (AvgIpc) is 2.86. The van der Waals surface area contributed by atoms with E-state index in [9.17, 15) is 23.9 Å². The van der Waals surface area contributed by atoms with Gasteiger partial charge in [-0.1, -0.05) is 66.7 Å². The number of nitrogens with one attached hydrogen (secondary N) is 1. The van der Waals surface area contributed by atoms with Gasteiger partial charge in [0.05, 0.1) is 6.54 Å². The van der Waals surface area contributed by atoms with Crippen molar-refractivity contribution in [3.8, 4) is 0 Å². The Morgan fingerprint density at radius 2 is 1.66 bits per heavy atom. The first-order valence-electron chi connectivity index (χ1n) is 11.2. The molecule has 0 bridgehead atoms. The monoisotopic (exact) mass is 476 g/mol. The van der Waals surface area contributed by atoms with Gasteiger partial charge in [-0.25, -0.2) is 14.0 Å². The van der Waals surface area contributed by atoms with Gasteiger partial charge in [-0.15, -0.1) is 0 Å². The second-order valence-corrected chi connectivity index (χ2v) is 8.39. The van der Waals surface area contributed by atoms with Crippen LogP contribution < -0.4 is 5.32 Å². The number of halogens is 1. The third-order valence-electron chi connectivity index (χ3n) is 5.93. The summed E-state index contributed by atoms with van der Waals surface area (Å²) in [6.45, 7) is 0.201. The largest absolute Gasteiger partial charge is 0.480 e. The van der Waals surface area contributed by atoms with Gasteiger partial charge < -0.3 is 15.2 Å². The average molecular weight is 477 g/mol. The van der Waals surface area contributed by atoms with Gasteiger partial charge in [0.15, 0.2) is 0 Å². The number of benzene rings is 3. The minimum absolute atomic E-state index is 0.0451. The standard InChI is InChI=1S/C27H25FN2O5/c28-22-12-6-9-19(13-22)14-23(26(32)33)29-25(31)24-15-20-10-4-5-11-21(20)16-30(24)27(34)35-17-18-7-2-1-3-8-18/h1-13,23-24H,14-17H2,(H,29,31)(H,32,33)/t23-,24+/m1/s1. The fourth-order valence-corrected chi connectivity index (χ4v) is 4.12. The molecule has 3 aromatic rings. The molecule has 1 aliphatic heterocycles. The maximum absolute atomic E-state index is 13.6. The van der Waals surface area contributed by atoms with Crippen LogP contribution in [0.5, 0.6) is 0 Å². The maximum Gasteiger partial charge on any atom is 0.411 e. The lowest BCUT2D eigenvalue weighted by Crippen LogP contribution is -2.56. The Hall–Kier alpha value is -4.20. The van der Waals surface area contributed by atoms with E-state index in [2.05, 4.69) is 5.32 Å². The molecular formula is C27H25FN2O5. The van der Waals surface area contributed by atoms with Crippen LogP contribution in [0.25, 0.3) is 0 Å². The van der Waals surface area contributed by atoms with Crippen LogP contribution in [0.2, 0.25) is 0 Å². The van der Waals surface area contributed by atoms with Gasteiger partial charge in [-0.05, 0) is 34.4 Å². The molecule has 0 aliphatic carbocycles. The number of carbonyl (C=O) groups excluding carboxylic acids is 2. The first-order chi connectivity index (χ1) is 16.9. The molecule has 7 nitrogen and oxygen atoms in total. The summed E-state index contributed by atoms with van der Waals surface area (Å²) in [7, 11) is 0. The van der Waals surface area contributed by atoms with Crippen LogP contribution in [-0.2, 0) is 40.3 Å². The Labute approximate surface area is 202 Å². The van der Waals surface area contributed by atoms with Crippen LogP contribution in [0.15, 0.2) is 78.9 Å². The third kappa shape index (κ3) is 6.03. The molecule has 3 aromatic carbocycles. The molecule has 0 saturated heterocycles. The molecule has 0 aromatic heterocycles. The van der Waals surface area contributed by atoms with Crippen LogP contribution in [-0.4, -0.2) is 40.1 Å². The summed E-state index contributed by atoms with van der Waals surface area (Å²) in [4.78, 5) is 39.5. The van der Waals surface area contributed by atoms with Crippen molar-refractivity contribution in [1.82, 2.24) is 10.2 Å². The molecule has 1 heterocycles. The van der Waals surface area contributed by atoms with Crippen LogP contribution >= 0.6 is 0 Å². The zero-order chi connectivity index (χ0) is 24.8. The second-order valence-electron chi connectivity index (χ2n) is 8.39. The molecule has 2 atom stereocenters. The van der Waals surface area contributed by atoms with Crippen LogP contribution in [0.4, 0.5) is 9.18 Å². The lowest BCUT2D eigenvalue weighted by atomic mass is 9.93. The Morgan fingerprint density at radius 3 is 2.37 bits per heavy atom. The number of carboxylic acid groups (broad SMARTS) is 1. The number of nitrogens with zero attached hydrogens (tertiary/aromatic N) is 1. The zero-order valence-corrected chi connectivity index (χ0v) is 18.9. The van der Waals surface area contributed by atoms with Crippen molar-refractivity contribution in [1.29, 1.82) is 0 Å². The molecule has 35 heavy (non-hydrogen) atoms. The summed E-state index contributed by atoms with van der Waals surface area (Å²) in [5.41, 5.74) is 3.03. The fourth-order valence-electron chi connectivity index (χ4n) is 4.12. The molecule has 8 heteroatoms. The summed E-state index contributed by atoms with van der Waals surface area (Å²) in [5, 5.41) is 12.2. The molecule has 4 rings (SSSR count). The summed E-state index contributed by atoms with van der Waals surface area (Å²) < 4.78 is 19.0. The number of fused-ring (bicyclic) bond motifs is 1. The number of rotatable bonds is 7. The van der Waals surface area contributed by atoms with E-state index in [0.717, 1.165) is 16.7 Å². The van der Waals surface area contributed by atoms with Crippen molar-refractivity contribution in [2.24, 2.45) is 0 Å². The van der Waals surface area contributed by atoms with E-state index in [-0.39, 0.29) is 26.0 Å². The highest BCUT2D eigenvalue weighted by atomic mass is 19.1. The van der Waals surface area contributed by atoms with Crippen molar-refractivity contribution >= 4 is 18.0 Å². The molecular weight excluding hydrogens is 451 g/mol. The predicted molar refractivity (Wildman–Crippen MR) is 126 cm³/mol. The highest BCUT2D eigenvalue weighted by Crippen LogP contribution is 2.25. The summed E-state index contributed by atoms with van der Waals surface area (Å²) >= 11 is 0. The topological polar surface area (TPSA) is 95.9 Å². The third-order valence-corrected chi connectivity index (χ3v) is 5.93. The highest BCUT2D eigenvalue weighted by Gasteiger charge is 2.37. The van der Waals surface area contributed by atoms with Crippen LogP contribution in [0.3, 0.4) is 0 Å². The van der Waals surface area contributed by atoms with Gasteiger partial charge in [0.2, 0.25) is 5.91 Å². The summed E-state index contributed by atoms with van der Waals surface area (Å²) in [6.07, 6.45) is -0.546. The van der Waals surface area contributed by atoms with E-state index in [1.54, 1.807) is 6.07 Å². The van der Waals surface area contributed by atoms with Gasteiger partial charge >= 0.3 is 12.1 Å². The Bertz CT molecular complexity index is 1220. The SMILES string of the molecule is O=C(O)[C@@H](Cc1cccc(F)c1)NC(=O)[C@@H]1Cc2ccccc2CN1C(=O)OCc1ccccc1. The number of carbonyl (C=O) groups is 3. The predicted octanol–water partition coefficient (Wildman–Crippen LogP) is 3.70. The molecule has 0 spiro atoms. The van der Waals surface area contributed by atoms with E-state index in [1.807, 2.05) is 54.6 Å². The number of hydrogen-bond acceptors (Lipinski definition) is 4. The number of aliphatic carboxylic acids is 1. The van der Waals surface area contributed by atoms with Gasteiger partial charge in [0, 0.05) is 12.8 Å². The van der Waals surface area contributed by atoms with Crippen molar-refractivity contribution in [2.75, 3.05) is 0 Å². The first kappa shape index (κ1) is 23.9.